The average Bonchev–Trinajstić information content (AvgIpc) is 2.50. The number of aryl methyl sites for hydroxylation is 1. The number of rotatable bonds is 6. The van der Waals surface area contributed by atoms with Gasteiger partial charge in [-0.15, -0.1) is 0 Å². The summed E-state index contributed by atoms with van der Waals surface area (Å²) in [6, 6.07) is 14.7. The quantitative estimate of drug-likeness (QED) is 0.866. The highest BCUT2D eigenvalue weighted by atomic mass is 19.1. The molecule has 0 saturated heterocycles. The van der Waals surface area contributed by atoms with Crippen LogP contribution in [0, 0.1) is 5.82 Å². The molecule has 0 bridgehead atoms. The topological polar surface area (TPSA) is 21.3 Å². The lowest BCUT2D eigenvalue weighted by atomic mass is 10.0. The summed E-state index contributed by atoms with van der Waals surface area (Å²) in [4.78, 5) is 0. The Labute approximate surface area is 119 Å². The molecule has 0 saturated carbocycles. The van der Waals surface area contributed by atoms with E-state index in [1.54, 1.807) is 12.1 Å². The maximum Gasteiger partial charge on any atom is 0.123 e. The zero-order valence-electron chi connectivity index (χ0n) is 11.9. The van der Waals surface area contributed by atoms with Crippen LogP contribution in [0.4, 0.5) is 4.39 Å². The average molecular weight is 273 g/mol. The number of halogens is 1. The third-order valence-electron chi connectivity index (χ3n) is 3.37. The lowest BCUT2D eigenvalue weighted by Gasteiger charge is -2.18. The second-order valence-corrected chi connectivity index (χ2v) is 4.70. The van der Waals surface area contributed by atoms with Gasteiger partial charge in [0.15, 0.2) is 0 Å². The van der Waals surface area contributed by atoms with E-state index in [2.05, 4.69) is 36.5 Å². The van der Waals surface area contributed by atoms with Crippen LogP contribution in [0.25, 0.3) is 0 Å². The molecule has 1 atom stereocenters. The molecule has 2 nitrogen and oxygen atoms in total. The van der Waals surface area contributed by atoms with Gasteiger partial charge in [0.25, 0.3) is 0 Å². The predicted octanol–water partition coefficient (Wildman–Crippen LogP) is 3.73. The molecular weight excluding hydrogens is 253 g/mol. The van der Waals surface area contributed by atoms with Gasteiger partial charge in [0.1, 0.15) is 18.2 Å². The molecule has 2 aromatic rings. The molecule has 2 aromatic carbocycles. The Morgan fingerprint density at radius 3 is 2.25 bits per heavy atom. The van der Waals surface area contributed by atoms with E-state index >= 15 is 0 Å². The molecule has 2 rings (SSSR count). The number of ether oxygens (including phenoxy) is 1. The fraction of sp³-hybridized carbons (Fsp3) is 0.294. The van der Waals surface area contributed by atoms with Crippen molar-refractivity contribution in [2.75, 3.05) is 13.7 Å². The fourth-order valence-electron chi connectivity index (χ4n) is 2.04. The van der Waals surface area contributed by atoms with E-state index in [0.29, 0.717) is 12.4 Å². The van der Waals surface area contributed by atoms with Gasteiger partial charge in [-0.05, 0) is 48.9 Å². The molecule has 0 aromatic heterocycles. The number of likely N-dealkylation sites (N-methyl/N-ethyl adjacent to an activating group) is 1. The van der Waals surface area contributed by atoms with Crippen molar-refractivity contribution in [3.63, 3.8) is 0 Å². The normalized spacial score (nSPS) is 12.2. The van der Waals surface area contributed by atoms with E-state index in [4.69, 9.17) is 4.74 Å². The lowest BCUT2D eigenvalue weighted by Crippen LogP contribution is -2.23. The molecule has 20 heavy (non-hydrogen) atoms. The fourth-order valence-corrected chi connectivity index (χ4v) is 2.04. The van der Waals surface area contributed by atoms with Gasteiger partial charge < -0.3 is 10.1 Å². The molecule has 0 spiro atoms. The Hall–Kier alpha value is -1.87. The van der Waals surface area contributed by atoms with Gasteiger partial charge in [-0.3, -0.25) is 0 Å². The lowest BCUT2D eigenvalue weighted by molar-refractivity contribution is 0.273. The van der Waals surface area contributed by atoms with Crippen LogP contribution >= 0.6 is 0 Å². The minimum atomic E-state index is -0.252. The zero-order valence-corrected chi connectivity index (χ0v) is 11.9. The summed E-state index contributed by atoms with van der Waals surface area (Å²) in [5.74, 6) is 0.425. The third kappa shape index (κ3) is 3.81. The Bertz CT molecular complexity index is 522. The van der Waals surface area contributed by atoms with Crippen LogP contribution in [-0.2, 0) is 6.42 Å². The van der Waals surface area contributed by atoms with E-state index in [1.165, 1.54) is 23.3 Å². The smallest absolute Gasteiger partial charge is 0.123 e. The Morgan fingerprint density at radius 2 is 1.70 bits per heavy atom. The summed E-state index contributed by atoms with van der Waals surface area (Å²) in [5, 5.41) is 3.24. The molecule has 106 valence electrons. The monoisotopic (exact) mass is 273 g/mol. The predicted molar refractivity (Wildman–Crippen MR) is 79.5 cm³/mol. The molecule has 0 radical (unpaired) electrons. The third-order valence-corrected chi connectivity index (χ3v) is 3.37. The highest BCUT2D eigenvalue weighted by Gasteiger charge is 2.10. The van der Waals surface area contributed by atoms with Gasteiger partial charge in [0, 0.05) is 0 Å². The first kappa shape index (κ1) is 14.5. The van der Waals surface area contributed by atoms with Crippen molar-refractivity contribution < 1.29 is 9.13 Å². The Kier molecular flexibility index (Phi) is 5.13. The highest BCUT2D eigenvalue weighted by molar-refractivity contribution is 5.26. The largest absolute Gasteiger partial charge is 0.492 e. The summed E-state index contributed by atoms with van der Waals surface area (Å²) in [7, 11) is 1.91. The maximum atomic E-state index is 12.8. The van der Waals surface area contributed by atoms with Crippen molar-refractivity contribution in [3.05, 3.63) is 65.5 Å². The molecule has 3 heteroatoms. The van der Waals surface area contributed by atoms with Crippen molar-refractivity contribution in [2.45, 2.75) is 19.4 Å². The molecule has 0 heterocycles. The van der Waals surface area contributed by atoms with Crippen LogP contribution < -0.4 is 10.1 Å². The second-order valence-electron chi connectivity index (χ2n) is 4.70. The molecule has 0 aliphatic heterocycles. The van der Waals surface area contributed by atoms with Gasteiger partial charge >= 0.3 is 0 Å². The molecular formula is C17H20FNO. The van der Waals surface area contributed by atoms with Gasteiger partial charge in [-0.2, -0.15) is 0 Å². The highest BCUT2D eigenvalue weighted by Crippen LogP contribution is 2.17. The SMILES string of the molecule is CCc1ccc(C(COc2ccc(F)cc2)NC)cc1. The van der Waals surface area contributed by atoms with Crippen LogP contribution in [0.1, 0.15) is 24.1 Å². The molecule has 1 unspecified atom stereocenters. The van der Waals surface area contributed by atoms with E-state index in [0.717, 1.165) is 6.42 Å². The Morgan fingerprint density at radius 1 is 1.05 bits per heavy atom. The maximum absolute atomic E-state index is 12.8. The summed E-state index contributed by atoms with van der Waals surface area (Å²) >= 11 is 0. The van der Waals surface area contributed by atoms with Gasteiger partial charge in [0.2, 0.25) is 0 Å². The van der Waals surface area contributed by atoms with E-state index in [-0.39, 0.29) is 11.9 Å². The minimum Gasteiger partial charge on any atom is -0.492 e. The number of hydrogen-bond acceptors (Lipinski definition) is 2. The molecule has 0 amide bonds. The summed E-state index contributed by atoms with van der Waals surface area (Å²) in [6.45, 7) is 2.65. The zero-order chi connectivity index (χ0) is 14.4. The van der Waals surface area contributed by atoms with Gasteiger partial charge in [0.05, 0.1) is 6.04 Å². The van der Waals surface area contributed by atoms with Crippen molar-refractivity contribution in [3.8, 4) is 5.75 Å². The number of hydrogen-bond donors (Lipinski definition) is 1. The van der Waals surface area contributed by atoms with E-state index < -0.39 is 0 Å². The van der Waals surface area contributed by atoms with Gasteiger partial charge in [-0.1, -0.05) is 31.2 Å². The standard InChI is InChI=1S/C17H20FNO/c1-3-13-4-6-14(7-5-13)17(19-2)12-20-16-10-8-15(18)9-11-16/h4-11,17,19H,3,12H2,1-2H3. The summed E-state index contributed by atoms with van der Waals surface area (Å²) < 4.78 is 18.5. The number of benzene rings is 2. The minimum absolute atomic E-state index is 0.117. The first-order valence-electron chi connectivity index (χ1n) is 6.87. The first-order valence-corrected chi connectivity index (χ1v) is 6.87. The van der Waals surface area contributed by atoms with E-state index in [1.807, 2.05) is 7.05 Å². The van der Waals surface area contributed by atoms with Crippen LogP contribution in [-0.4, -0.2) is 13.7 Å². The molecule has 1 N–H and O–H groups in total. The van der Waals surface area contributed by atoms with Crippen molar-refractivity contribution in [1.82, 2.24) is 5.32 Å². The van der Waals surface area contributed by atoms with Crippen molar-refractivity contribution in [2.24, 2.45) is 0 Å². The van der Waals surface area contributed by atoms with Crippen LogP contribution in [0.5, 0.6) is 5.75 Å². The van der Waals surface area contributed by atoms with Crippen LogP contribution in [0.2, 0.25) is 0 Å². The van der Waals surface area contributed by atoms with E-state index in [9.17, 15) is 4.39 Å². The number of nitrogens with one attached hydrogen (secondary N) is 1. The Balaban J connectivity index is 1.99. The van der Waals surface area contributed by atoms with Crippen molar-refractivity contribution in [1.29, 1.82) is 0 Å². The second kappa shape index (κ2) is 7.06. The molecule has 0 fully saturated rings. The summed E-state index contributed by atoms with van der Waals surface area (Å²) in [6.07, 6.45) is 1.04. The van der Waals surface area contributed by atoms with Crippen LogP contribution in [0.3, 0.4) is 0 Å². The summed E-state index contributed by atoms with van der Waals surface area (Å²) in [5.41, 5.74) is 2.51. The van der Waals surface area contributed by atoms with Crippen molar-refractivity contribution >= 4 is 0 Å². The first-order chi connectivity index (χ1) is 9.72. The van der Waals surface area contributed by atoms with Gasteiger partial charge in [-0.25, -0.2) is 4.39 Å². The molecule has 0 aliphatic rings. The van der Waals surface area contributed by atoms with Crippen LogP contribution in [0.15, 0.2) is 48.5 Å². The molecule has 0 aliphatic carbocycles.